The number of nitrogens with zero attached hydrogens (tertiary/aromatic N) is 2. The Kier molecular flexibility index (Phi) is 5.61. The maximum atomic E-state index is 12.9. The van der Waals surface area contributed by atoms with Crippen molar-refractivity contribution < 1.29 is 28.6 Å². The first-order chi connectivity index (χ1) is 15.7. The Morgan fingerprint density at radius 2 is 1.97 bits per heavy atom. The third kappa shape index (κ3) is 3.53. The van der Waals surface area contributed by atoms with Gasteiger partial charge in [-0.15, -0.1) is 0 Å². The number of piperazine rings is 1. The van der Waals surface area contributed by atoms with Gasteiger partial charge in [0, 0.05) is 51.2 Å². The molecule has 2 aliphatic heterocycles. The molecule has 2 saturated heterocycles. The number of furan rings is 1. The Bertz CT molecular complexity index is 897. The van der Waals surface area contributed by atoms with Crippen LogP contribution in [0.2, 0.25) is 0 Å². The third-order valence-corrected chi connectivity index (χ3v) is 9.30. The van der Waals surface area contributed by atoms with E-state index in [-0.39, 0.29) is 35.2 Å². The van der Waals surface area contributed by atoms with Crippen LogP contribution in [0, 0.1) is 17.3 Å². The molecule has 2 saturated carbocycles. The van der Waals surface area contributed by atoms with E-state index in [0.717, 1.165) is 19.3 Å². The van der Waals surface area contributed by atoms with Crippen LogP contribution in [0.25, 0.3) is 0 Å². The van der Waals surface area contributed by atoms with Crippen LogP contribution in [0.1, 0.15) is 56.5 Å². The fourth-order valence-electron chi connectivity index (χ4n) is 7.06. The topological polar surface area (TPSA) is 92.5 Å². The normalized spacial score (nSPS) is 41.4. The molecule has 0 bridgehead atoms. The van der Waals surface area contributed by atoms with Crippen LogP contribution in [0.5, 0.6) is 0 Å². The Labute approximate surface area is 195 Å². The molecule has 0 aromatic carbocycles. The van der Waals surface area contributed by atoms with Gasteiger partial charge in [0.15, 0.2) is 5.76 Å². The molecule has 2 aliphatic carbocycles. The minimum atomic E-state index is -0.992. The maximum Gasteiger partial charge on any atom is 0.310 e. The van der Waals surface area contributed by atoms with Gasteiger partial charge in [-0.05, 0) is 51.2 Å². The van der Waals surface area contributed by atoms with Gasteiger partial charge in [0.1, 0.15) is 6.10 Å². The van der Waals surface area contributed by atoms with Crippen LogP contribution in [0.4, 0.5) is 0 Å². The minimum Gasteiger partial charge on any atom is -0.462 e. The van der Waals surface area contributed by atoms with E-state index in [0.29, 0.717) is 51.3 Å². The van der Waals surface area contributed by atoms with Gasteiger partial charge < -0.3 is 23.9 Å². The van der Waals surface area contributed by atoms with Crippen molar-refractivity contribution in [1.29, 1.82) is 0 Å². The first-order valence-corrected chi connectivity index (χ1v) is 12.2. The van der Waals surface area contributed by atoms with Crippen molar-refractivity contribution in [2.45, 2.75) is 63.3 Å². The van der Waals surface area contributed by atoms with Crippen molar-refractivity contribution in [2.75, 3.05) is 39.8 Å². The smallest absolute Gasteiger partial charge is 0.310 e. The number of esters is 1. The van der Waals surface area contributed by atoms with Gasteiger partial charge in [-0.1, -0.05) is 6.92 Å². The first kappa shape index (κ1) is 22.9. The molecule has 6 unspecified atom stereocenters. The van der Waals surface area contributed by atoms with Gasteiger partial charge in [0.25, 0.3) is 5.91 Å². The number of aliphatic hydroxyl groups is 1. The van der Waals surface area contributed by atoms with E-state index >= 15 is 0 Å². The standard InChI is InChI=1S/C25H36N2O6/c1-23-7-5-8-24(2,31-3)25(23,30)14-17-18(22(29)33-20(17)15-23)16-26-9-11-27(12-10-26)21(28)19-6-4-13-32-19/h4,6,13,17-18,20,30H,5,7-12,14-16H2,1-3H3. The van der Waals surface area contributed by atoms with Gasteiger partial charge in [0.2, 0.25) is 0 Å². The van der Waals surface area contributed by atoms with E-state index in [1.165, 1.54) is 6.26 Å². The van der Waals surface area contributed by atoms with Crippen molar-refractivity contribution in [2.24, 2.45) is 17.3 Å². The molecule has 1 aromatic heterocycles. The summed E-state index contributed by atoms with van der Waals surface area (Å²) < 4.78 is 17.0. The largest absolute Gasteiger partial charge is 0.462 e. The van der Waals surface area contributed by atoms with E-state index in [1.54, 1.807) is 24.1 Å². The highest BCUT2D eigenvalue weighted by Gasteiger charge is 2.67. The lowest BCUT2D eigenvalue weighted by Crippen LogP contribution is -2.69. The fraction of sp³-hybridized carbons (Fsp3) is 0.760. The molecule has 8 heteroatoms. The SMILES string of the molecule is COC1(C)CCCC2(C)CC3OC(=O)C(CN4CCN(C(=O)c5ccco5)CC4)C3CC21O. The van der Waals surface area contributed by atoms with Gasteiger partial charge in [-0.25, -0.2) is 0 Å². The van der Waals surface area contributed by atoms with E-state index in [2.05, 4.69) is 11.8 Å². The van der Waals surface area contributed by atoms with Crippen LogP contribution in [-0.4, -0.2) is 83.9 Å². The van der Waals surface area contributed by atoms with E-state index < -0.39 is 11.2 Å². The average molecular weight is 461 g/mol. The molecule has 1 amide bonds. The van der Waals surface area contributed by atoms with Crippen LogP contribution in [-0.2, 0) is 14.3 Å². The van der Waals surface area contributed by atoms with Crippen LogP contribution >= 0.6 is 0 Å². The lowest BCUT2D eigenvalue weighted by molar-refractivity contribution is -0.270. The molecular weight excluding hydrogens is 424 g/mol. The monoisotopic (exact) mass is 460 g/mol. The highest BCUT2D eigenvalue weighted by Crippen LogP contribution is 2.61. The van der Waals surface area contributed by atoms with Gasteiger partial charge in [0.05, 0.1) is 23.4 Å². The van der Waals surface area contributed by atoms with Crippen molar-refractivity contribution in [3.63, 3.8) is 0 Å². The predicted molar refractivity (Wildman–Crippen MR) is 119 cm³/mol. The Hall–Kier alpha value is -1.90. The number of hydrogen-bond donors (Lipinski definition) is 1. The van der Waals surface area contributed by atoms with Crippen LogP contribution < -0.4 is 0 Å². The van der Waals surface area contributed by atoms with Crippen molar-refractivity contribution in [3.8, 4) is 0 Å². The van der Waals surface area contributed by atoms with Crippen molar-refractivity contribution >= 4 is 11.9 Å². The zero-order chi connectivity index (χ0) is 23.4. The quantitative estimate of drug-likeness (QED) is 0.690. The number of carbonyl (C=O) groups is 2. The van der Waals surface area contributed by atoms with Gasteiger partial charge in [-0.3, -0.25) is 14.5 Å². The molecule has 1 aromatic rings. The summed E-state index contributed by atoms with van der Waals surface area (Å²) in [7, 11) is 1.69. The second-order valence-corrected chi connectivity index (χ2v) is 10.9. The molecule has 8 nitrogen and oxygen atoms in total. The lowest BCUT2D eigenvalue weighted by atomic mass is 9.49. The molecule has 0 radical (unpaired) electrons. The molecule has 5 rings (SSSR count). The van der Waals surface area contributed by atoms with E-state index in [9.17, 15) is 14.7 Å². The molecular formula is C25H36N2O6. The number of fused-ring (bicyclic) bond motifs is 2. The lowest BCUT2D eigenvalue weighted by Gasteiger charge is -2.62. The van der Waals surface area contributed by atoms with Gasteiger partial charge in [-0.2, -0.15) is 0 Å². The Morgan fingerprint density at radius 1 is 1.21 bits per heavy atom. The molecule has 3 heterocycles. The summed E-state index contributed by atoms with van der Waals surface area (Å²) in [6, 6.07) is 3.40. The summed E-state index contributed by atoms with van der Waals surface area (Å²) in [5.41, 5.74) is -1.95. The highest BCUT2D eigenvalue weighted by molar-refractivity contribution is 5.91. The highest BCUT2D eigenvalue weighted by atomic mass is 16.6. The second-order valence-electron chi connectivity index (χ2n) is 10.9. The molecule has 1 N–H and O–H groups in total. The summed E-state index contributed by atoms with van der Waals surface area (Å²) in [4.78, 5) is 29.5. The fourth-order valence-corrected chi connectivity index (χ4v) is 7.06. The molecule has 0 spiro atoms. The molecule has 182 valence electrons. The molecule has 6 atom stereocenters. The number of methoxy groups -OCH3 is 1. The van der Waals surface area contributed by atoms with Crippen LogP contribution in [0.15, 0.2) is 22.8 Å². The molecule has 4 fully saturated rings. The van der Waals surface area contributed by atoms with Crippen LogP contribution in [0.3, 0.4) is 0 Å². The Morgan fingerprint density at radius 3 is 2.64 bits per heavy atom. The zero-order valence-electron chi connectivity index (χ0n) is 19.9. The first-order valence-electron chi connectivity index (χ1n) is 12.2. The summed E-state index contributed by atoms with van der Waals surface area (Å²) in [5.74, 6) is -0.170. The van der Waals surface area contributed by atoms with Gasteiger partial charge >= 0.3 is 5.97 Å². The average Bonchev–Trinajstić information content (AvgIpc) is 3.42. The number of carbonyl (C=O) groups excluding carboxylic acids is 2. The predicted octanol–water partition coefficient (Wildman–Crippen LogP) is 2.32. The Balaban J connectivity index is 1.27. The van der Waals surface area contributed by atoms with E-state index in [1.807, 2.05) is 6.92 Å². The third-order valence-electron chi connectivity index (χ3n) is 9.30. The van der Waals surface area contributed by atoms with E-state index in [4.69, 9.17) is 13.9 Å². The number of ether oxygens (including phenoxy) is 2. The van der Waals surface area contributed by atoms with Crippen molar-refractivity contribution in [1.82, 2.24) is 9.80 Å². The van der Waals surface area contributed by atoms with Crippen molar-refractivity contribution in [3.05, 3.63) is 24.2 Å². The number of hydrogen-bond acceptors (Lipinski definition) is 7. The maximum absolute atomic E-state index is 12.9. The molecule has 4 aliphatic rings. The minimum absolute atomic E-state index is 0.0223. The summed E-state index contributed by atoms with van der Waals surface area (Å²) in [6.45, 7) is 7.34. The summed E-state index contributed by atoms with van der Waals surface area (Å²) in [5, 5.41) is 12.1. The second kappa shape index (κ2) is 8.10. The summed E-state index contributed by atoms with van der Waals surface area (Å²) >= 11 is 0. The summed E-state index contributed by atoms with van der Waals surface area (Å²) in [6.07, 6.45) is 5.30. The number of rotatable bonds is 4. The number of amides is 1. The zero-order valence-corrected chi connectivity index (χ0v) is 19.9. The molecule has 33 heavy (non-hydrogen) atoms.